The number of sulfonamides is 1. The van der Waals surface area contributed by atoms with Gasteiger partial charge in [0.1, 0.15) is 0 Å². The van der Waals surface area contributed by atoms with Gasteiger partial charge in [-0.2, -0.15) is 0 Å². The summed E-state index contributed by atoms with van der Waals surface area (Å²) in [7, 11) is -1.59. The fourth-order valence-electron chi connectivity index (χ4n) is 2.07. The molecule has 1 N–H and O–H groups in total. The third kappa shape index (κ3) is 4.31. The van der Waals surface area contributed by atoms with Gasteiger partial charge in [0.2, 0.25) is 10.0 Å². The minimum Gasteiger partial charge on any atom is -0.472 e. The highest BCUT2D eigenvalue weighted by Crippen LogP contribution is 2.08. The maximum atomic E-state index is 12.2. The smallest absolute Gasteiger partial charge is 0.215 e. The SMILES string of the molecule is CN(Cc1ccoc1)S(=O)(=O)CCN1CCNCC1. The van der Waals surface area contributed by atoms with Gasteiger partial charge in [0.05, 0.1) is 18.3 Å². The van der Waals surface area contributed by atoms with Crippen molar-refractivity contribution in [2.75, 3.05) is 45.5 Å². The molecule has 1 fully saturated rings. The van der Waals surface area contributed by atoms with Crippen LogP contribution in [0.1, 0.15) is 5.56 Å². The Balaban J connectivity index is 1.83. The zero-order chi connectivity index (χ0) is 13.7. The molecule has 6 nitrogen and oxygen atoms in total. The van der Waals surface area contributed by atoms with Crippen LogP contribution in [0.5, 0.6) is 0 Å². The van der Waals surface area contributed by atoms with Gasteiger partial charge in [0.25, 0.3) is 0 Å². The summed E-state index contributed by atoms with van der Waals surface area (Å²) in [6.45, 7) is 4.66. The Bertz CT molecular complexity index is 466. The van der Waals surface area contributed by atoms with Crippen LogP contribution in [-0.2, 0) is 16.6 Å². The Morgan fingerprint density at radius 3 is 2.79 bits per heavy atom. The molecule has 0 spiro atoms. The number of nitrogens with zero attached hydrogens (tertiary/aromatic N) is 2. The Kier molecular flexibility index (Phi) is 4.98. The average Bonchev–Trinajstić information content (AvgIpc) is 2.90. The number of hydrogen-bond acceptors (Lipinski definition) is 5. The van der Waals surface area contributed by atoms with Crippen LogP contribution < -0.4 is 5.32 Å². The van der Waals surface area contributed by atoms with E-state index in [1.54, 1.807) is 25.6 Å². The first-order valence-corrected chi connectivity index (χ1v) is 8.07. The Morgan fingerprint density at radius 1 is 1.42 bits per heavy atom. The van der Waals surface area contributed by atoms with Gasteiger partial charge in [-0.15, -0.1) is 0 Å². The lowest BCUT2D eigenvalue weighted by atomic mass is 10.3. The molecule has 0 unspecified atom stereocenters. The molecule has 0 radical (unpaired) electrons. The van der Waals surface area contributed by atoms with Gasteiger partial charge in [-0.05, 0) is 6.07 Å². The van der Waals surface area contributed by atoms with Crippen molar-refractivity contribution in [1.82, 2.24) is 14.5 Å². The van der Waals surface area contributed by atoms with Crippen LogP contribution >= 0.6 is 0 Å². The normalized spacial score (nSPS) is 18.0. The zero-order valence-corrected chi connectivity index (χ0v) is 12.0. The monoisotopic (exact) mass is 287 g/mol. The molecule has 0 amide bonds. The second-order valence-electron chi connectivity index (χ2n) is 4.80. The second kappa shape index (κ2) is 6.51. The molecule has 1 saturated heterocycles. The van der Waals surface area contributed by atoms with Crippen LogP contribution in [0.3, 0.4) is 0 Å². The van der Waals surface area contributed by atoms with Crippen molar-refractivity contribution in [2.24, 2.45) is 0 Å². The van der Waals surface area contributed by atoms with Crippen LogP contribution in [0.2, 0.25) is 0 Å². The van der Waals surface area contributed by atoms with Gasteiger partial charge in [0, 0.05) is 51.9 Å². The molecule has 0 aromatic carbocycles. The van der Waals surface area contributed by atoms with Crippen molar-refractivity contribution in [3.63, 3.8) is 0 Å². The van der Waals surface area contributed by atoms with Gasteiger partial charge >= 0.3 is 0 Å². The molecule has 1 aromatic heterocycles. The Morgan fingerprint density at radius 2 is 2.16 bits per heavy atom. The van der Waals surface area contributed by atoms with Crippen LogP contribution in [0.15, 0.2) is 23.0 Å². The zero-order valence-electron chi connectivity index (χ0n) is 11.2. The lowest BCUT2D eigenvalue weighted by molar-refractivity contribution is 0.252. The quantitative estimate of drug-likeness (QED) is 0.794. The van der Waals surface area contributed by atoms with Gasteiger partial charge in [-0.1, -0.05) is 0 Å². The van der Waals surface area contributed by atoms with E-state index in [1.165, 1.54) is 4.31 Å². The maximum Gasteiger partial charge on any atom is 0.215 e. The summed E-state index contributed by atoms with van der Waals surface area (Å²) in [6.07, 6.45) is 3.12. The first-order chi connectivity index (χ1) is 9.08. The molecule has 7 heteroatoms. The van der Waals surface area contributed by atoms with Gasteiger partial charge in [-0.25, -0.2) is 12.7 Å². The standard InChI is InChI=1S/C12H21N3O3S/c1-14(10-12-2-8-18-11-12)19(16,17)9-7-15-5-3-13-4-6-15/h2,8,11,13H,3-7,9-10H2,1H3. The van der Waals surface area contributed by atoms with E-state index in [9.17, 15) is 8.42 Å². The topological polar surface area (TPSA) is 65.8 Å². The number of hydrogen-bond donors (Lipinski definition) is 1. The van der Waals surface area contributed by atoms with Crippen LogP contribution in [-0.4, -0.2) is 63.1 Å². The lowest BCUT2D eigenvalue weighted by Crippen LogP contribution is -2.46. The molecule has 0 atom stereocenters. The molecule has 2 heterocycles. The van der Waals surface area contributed by atoms with Gasteiger partial charge in [-0.3, -0.25) is 4.90 Å². The lowest BCUT2D eigenvalue weighted by Gasteiger charge is -2.27. The molecule has 108 valence electrons. The fourth-order valence-corrected chi connectivity index (χ4v) is 3.22. The first kappa shape index (κ1) is 14.5. The van der Waals surface area contributed by atoms with E-state index in [1.807, 2.05) is 0 Å². The van der Waals surface area contributed by atoms with Crippen molar-refractivity contribution >= 4 is 10.0 Å². The molecule has 0 bridgehead atoms. The molecule has 2 rings (SSSR count). The number of piperazine rings is 1. The molecule has 19 heavy (non-hydrogen) atoms. The van der Waals surface area contributed by atoms with Crippen molar-refractivity contribution < 1.29 is 12.8 Å². The van der Waals surface area contributed by atoms with E-state index in [-0.39, 0.29) is 5.75 Å². The van der Waals surface area contributed by atoms with Crippen molar-refractivity contribution in [3.8, 4) is 0 Å². The van der Waals surface area contributed by atoms with Crippen LogP contribution in [0, 0.1) is 0 Å². The van der Waals surface area contributed by atoms with E-state index in [0.717, 1.165) is 31.7 Å². The maximum absolute atomic E-state index is 12.2. The summed E-state index contributed by atoms with van der Waals surface area (Å²) in [4.78, 5) is 2.18. The summed E-state index contributed by atoms with van der Waals surface area (Å²) >= 11 is 0. The number of nitrogens with one attached hydrogen (secondary N) is 1. The number of rotatable bonds is 6. The van der Waals surface area contributed by atoms with Crippen molar-refractivity contribution in [2.45, 2.75) is 6.54 Å². The van der Waals surface area contributed by atoms with Crippen LogP contribution in [0.4, 0.5) is 0 Å². The molecule has 0 aliphatic carbocycles. The molecule has 0 saturated carbocycles. The predicted octanol–water partition coefficient (Wildman–Crippen LogP) is -0.0536. The van der Waals surface area contributed by atoms with Crippen molar-refractivity contribution in [1.29, 1.82) is 0 Å². The third-order valence-electron chi connectivity index (χ3n) is 3.34. The number of furan rings is 1. The van der Waals surface area contributed by atoms with E-state index in [2.05, 4.69) is 10.2 Å². The predicted molar refractivity (Wildman–Crippen MR) is 73.3 cm³/mol. The van der Waals surface area contributed by atoms with Crippen LogP contribution in [0.25, 0.3) is 0 Å². The van der Waals surface area contributed by atoms with E-state index >= 15 is 0 Å². The van der Waals surface area contributed by atoms with E-state index in [4.69, 9.17) is 4.42 Å². The van der Waals surface area contributed by atoms with E-state index in [0.29, 0.717) is 13.1 Å². The van der Waals surface area contributed by atoms with E-state index < -0.39 is 10.0 Å². The van der Waals surface area contributed by atoms with Gasteiger partial charge in [0.15, 0.2) is 0 Å². The summed E-state index contributed by atoms with van der Waals surface area (Å²) in [5, 5.41) is 3.25. The fraction of sp³-hybridized carbons (Fsp3) is 0.667. The molecule has 1 aliphatic rings. The molecule has 1 aliphatic heterocycles. The summed E-state index contributed by atoms with van der Waals surface area (Å²) in [5.41, 5.74) is 0.869. The minimum atomic E-state index is -3.21. The summed E-state index contributed by atoms with van der Waals surface area (Å²) in [6, 6.07) is 1.78. The molecule has 1 aromatic rings. The highest BCUT2D eigenvalue weighted by atomic mass is 32.2. The minimum absolute atomic E-state index is 0.168. The first-order valence-electron chi connectivity index (χ1n) is 6.46. The molecular formula is C12H21N3O3S. The second-order valence-corrected chi connectivity index (χ2v) is 6.99. The molecular weight excluding hydrogens is 266 g/mol. The summed E-state index contributed by atoms with van der Waals surface area (Å²) in [5.74, 6) is 0.168. The van der Waals surface area contributed by atoms with Gasteiger partial charge < -0.3 is 9.73 Å². The highest BCUT2D eigenvalue weighted by Gasteiger charge is 2.20. The van der Waals surface area contributed by atoms with Crippen molar-refractivity contribution in [3.05, 3.63) is 24.2 Å². The third-order valence-corrected chi connectivity index (χ3v) is 5.11. The average molecular weight is 287 g/mol. The Labute approximate surface area is 114 Å². The Hall–Kier alpha value is -0.890. The highest BCUT2D eigenvalue weighted by molar-refractivity contribution is 7.89. The largest absolute Gasteiger partial charge is 0.472 e. The summed E-state index contributed by atoms with van der Waals surface area (Å²) < 4.78 is 30.6.